The maximum Gasteiger partial charge on any atom is 0.0126 e. The van der Waals surface area contributed by atoms with E-state index in [9.17, 15) is 0 Å². The first kappa shape index (κ1) is 31.9. The van der Waals surface area contributed by atoms with Gasteiger partial charge in [-0.25, -0.2) is 0 Å². The largest absolute Gasteiger partial charge is 0.298 e. The minimum Gasteiger partial charge on any atom is -0.298 e. The highest BCUT2D eigenvalue weighted by Crippen LogP contribution is 2.21. The van der Waals surface area contributed by atoms with Crippen molar-refractivity contribution in [3.8, 4) is 0 Å². The number of rotatable bonds is 0. The molecule has 4 fully saturated rings. The zero-order chi connectivity index (χ0) is 26.2. The van der Waals surface area contributed by atoms with Crippen molar-refractivity contribution in [2.45, 2.75) is 144 Å². The van der Waals surface area contributed by atoms with E-state index in [-0.39, 0.29) is 0 Å². The van der Waals surface area contributed by atoms with Crippen molar-refractivity contribution in [3.05, 3.63) is 0 Å². The maximum atomic E-state index is 2.58. The van der Waals surface area contributed by atoms with Crippen LogP contribution in [0, 0.1) is 0 Å². The van der Waals surface area contributed by atoms with Crippen molar-refractivity contribution in [1.29, 1.82) is 0 Å². The molecule has 34 heavy (non-hydrogen) atoms. The Kier molecular flexibility index (Phi) is 12.6. The molecule has 0 radical (unpaired) electrons. The first-order valence-electron chi connectivity index (χ1n) is 14.4. The summed E-state index contributed by atoms with van der Waals surface area (Å²) in [6.45, 7) is 37.8. The van der Waals surface area contributed by atoms with Crippen LogP contribution in [0.4, 0.5) is 0 Å². The van der Waals surface area contributed by atoms with E-state index in [1.54, 1.807) is 0 Å². The fourth-order valence-electron chi connectivity index (χ4n) is 4.66. The zero-order valence-corrected chi connectivity index (χ0v) is 25.7. The lowest BCUT2D eigenvalue weighted by molar-refractivity contribution is 0.0690. The van der Waals surface area contributed by atoms with E-state index in [0.717, 1.165) is 0 Å². The van der Waals surface area contributed by atoms with E-state index in [4.69, 9.17) is 0 Å². The molecule has 0 aromatic heterocycles. The lowest BCUT2D eigenvalue weighted by Crippen LogP contribution is -2.49. The Morgan fingerprint density at radius 1 is 0.265 bits per heavy atom. The highest BCUT2D eigenvalue weighted by atomic mass is 15.3. The Morgan fingerprint density at radius 3 is 0.588 bits per heavy atom. The summed E-state index contributed by atoms with van der Waals surface area (Å²) in [5.74, 6) is 0. The van der Waals surface area contributed by atoms with Crippen LogP contribution in [0.3, 0.4) is 0 Å². The zero-order valence-electron chi connectivity index (χ0n) is 25.7. The van der Waals surface area contributed by atoms with Gasteiger partial charge in [-0.1, -0.05) is 6.42 Å². The minimum absolute atomic E-state index is 0.403. The third-order valence-corrected chi connectivity index (χ3v) is 7.56. The van der Waals surface area contributed by atoms with Gasteiger partial charge in [-0.3, -0.25) is 19.6 Å². The normalized spacial score (nSPS) is 22.9. The van der Waals surface area contributed by atoms with Gasteiger partial charge >= 0.3 is 0 Å². The molecule has 4 heteroatoms. The molecule has 0 atom stereocenters. The van der Waals surface area contributed by atoms with Crippen molar-refractivity contribution in [2.24, 2.45) is 0 Å². The van der Waals surface area contributed by atoms with Gasteiger partial charge in [0.1, 0.15) is 0 Å². The van der Waals surface area contributed by atoms with Gasteiger partial charge in [-0.15, -0.1) is 0 Å². The lowest BCUT2D eigenvalue weighted by atomic mass is 10.0. The molecule has 4 aliphatic heterocycles. The fraction of sp³-hybridized carbons (Fsp3) is 1.00. The Labute approximate surface area is 215 Å². The molecule has 4 heterocycles. The van der Waals surface area contributed by atoms with Crippen molar-refractivity contribution in [3.63, 3.8) is 0 Å². The SMILES string of the molecule is CC(C)(C)N1CC1.CC(C)(C)N1CCC1.CC(C)(C)N1CCCC1.CC(C)(C)N1CCCCC1. The van der Waals surface area contributed by atoms with Crippen LogP contribution >= 0.6 is 0 Å². The molecular formula is C30H64N4. The summed E-state index contributed by atoms with van der Waals surface area (Å²) in [4.78, 5) is 10.1. The molecule has 0 aromatic rings. The van der Waals surface area contributed by atoms with Gasteiger partial charge in [-0.05, 0) is 154 Å². The minimum atomic E-state index is 0.403. The molecule has 0 amide bonds. The summed E-state index contributed by atoms with van der Waals surface area (Å²) >= 11 is 0. The molecule has 4 aliphatic rings. The first-order chi connectivity index (χ1) is 15.4. The van der Waals surface area contributed by atoms with Crippen LogP contribution in [-0.2, 0) is 0 Å². The summed E-state index contributed by atoms with van der Waals surface area (Å²) in [6.07, 6.45) is 8.44. The number of nitrogens with zero attached hydrogens (tertiary/aromatic N) is 4. The molecule has 0 saturated carbocycles. The quantitative estimate of drug-likeness (QED) is 0.356. The maximum absolute atomic E-state index is 2.58. The smallest absolute Gasteiger partial charge is 0.0126 e. The van der Waals surface area contributed by atoms with Gasteiger partial charge in [0.05, 0.1) is 0 Å². The second-order valence-corrected chi connectivity index (χ2v) is 14.8. The number of likely N-dealkylation sites (tertiary alicyclic amines) is 3. The van der Waals surface area contributed by atoms with Crippen LogP contribution < -0.4 is 0 Å². The Morgan fingerprint density at radius 2 is 0.471 bits per heavy atom. The first-order valence-corrected chi connectivity index (χ1v) is 14.4. The van der Waals surface area contributed by atoms with Gasteiger partial charge in [0.25, 0.3) is 0 Å². The van der Waals surface area contributed by atoms with Crippen LogP contribution in [-0.4, -0.2) is 94.1 Å². The van der Waals surface area contributed by atoms with Crippen LogP contribution in [0.25, 0.3) is 0 Å². The predicted octanol–water partition coefficient (Wildman–Crippen LogP) is 6.74. The average molecular weight is 481 g/mol. The molecule has 0 aromatic carbocycles. The van der Waals surface area contributed by atoms with E-state index in [2.05, 4.69) is 103 Å². The topological polar surface area (TPSA) is 12.7 Å². The Hall–Kier alpha value is -0.160. The van der Waals surface area contributed by atoms with Gasteiger partial charge in [0.15, 0.2) is 0 Å². The van der Waals surface area contributed by atoms with Crippen LogP contribution in [0.5, 0.6) is 0 Å². The molecule has 4 saturated heterocycles. The molecule has 0 unspecified atom stereocenters. The van der Waals surface area contributed by atoms with Crippen molar-refractivity contribution < 1.29 is 0 Å². The summed E-state index contributed by atoms with van der Waals surface area (Å²) in [7, 11) is 0. The van der Waals surface area contributed by atoms with E-state index < -0.39 is 0 Å². The third-order valence-electron chi connectivity index (χ3n) is 7.56. The molecule has 0 aliphatic carbocycles. The van der Waals surface area contributed by atoms with E-state index in [1.165, 1.54) is 90.9 Å². The van der Waals surface area contributed by atoms with E-state index in [0.29, 0.717) is 22.2 Å². The number of hydrogen-bond acceptors (Lipinski definition) is 4. The molecule has 0 N–H and O–H groups in total. The van der Waals surface area contributed by atoms with Crippen molar-refractivity contribution >= 4 is 0 Å². The molecule has 0 bridgehead atoms. The third kappa shape index (κ3) is 13.2. The van der Waals surface area contributed by atoms with E-state index in [1.807, 2.05) is 0 Å². The van der Waals surface area contributed by atoms with Crippen molar-refractivity contribution in [2.75, 3.05) is 52.4 Å². The second-order valence-electron chi connectivity index (χ2n) is 14.8. The number of piperidine rings is 1. The van der Waals surface area contributed by atoms with Gasteiger partial charge in [0, 0.05) is 35.2 Å². The summed E-state index contributed by atoms with van der Waals surface area (Å²) in [5.41, 5.74) is 1.69. The van der Waals surface area contributed by atoms with Crippen LogP contribution in [0.15, 0.2) is 0 Å². The Balaban J connectivity index is 0.000000228. The van der Waals surface area contributed by atoms with Gasteiger partial charge < -0.3 is 0 Å². The lowest BCUT2D eigenvalue weighted by Gasteiger charge is -2.42. The summed E-state index contributed by atoms with van der Waals surface area (Å²) in [6, 6.07) is 0. The molecular weight excluding hydrogens is 416 g/mol. The average Bonchev–Trinajstić information content (AvgIpc) is 3.35. The fourth-order valence-corrected chi connectivity index (χ4v) is 4.66. The van der Waals surface area contributed by atoms with E-state index >= 15 is 0 Å². The summed E-state index contributed by atoms with van der Waals surface area (Å²) in [5, 5.41) is 0. The highest BCUT2D eigenvalue weighted by molar-refractivity contribution is 4.86. The van der Waals surface area contributed by atoms with Crippen LogP contribution in [0.2, 0.25) is 0 Å². The molecule has 4 rings (SSSR count). The van der Waals surface area contributed by atoms with Crippen molar-refractivity contribution in [1.82, 2.24) is 19.6 Å². The molecule has 0 spiro atoms. The Bertz CT molecular complexity index is 524. The molecule has 4 nitrogen and oxygen atoms in total. The van der Waals surface area contributed by atoms with Gasteiger partial charge in [0.2, 0.25) is 0 Å². The predicted molar refractivity (Wildman–Crippen MR) is 153 cm³/mol. The second kappa shape index (κ2) is 13.4. The number of hydrogen-bond donors (Lipinski definition) is 0. The monoisotopic (exact) mass is 481 g/mol. The summed E-state index contributed by atoms with van der Waals surface area (Å²) < 4.78 is 0. The highest BCUT2D eigenvalue weighted by Gasteiger charge is 2.29. The standard InChI is InChI=1S/C9H19N.C8H17N.C7H15N.C6H13N/c1-9(2,3)10-7-5-4-6-8-10;1-8(2,3)9-6-4-5-7-9;1-7(2,3)8-5-4-6-8;1-6(2,3)7-4-5-7/h4-8H2,1-3H3;4-7H2,1-3H3;4-6H2,1-3H3;4-5H2,1-3H3. The molecule has 204 valence electrons. The van der Waals surface area contributed by atoms with Crippen LogP contribution in [0.1, 0.15) is 122 Å². The van der Waals surface area contributed by atoms with Gasteiger partial charge in [-0.2, -0.15) is 0 Å².